The number of nitrogens with one attached hydrogen (secondary N) is 1. The van der Waals surface area contributed by atoms with Crippen LogP contribution in [0.15, 0.2) is 30.3 Å². The van der Waals surface area contributed by atoms with E-state index in [2.05, 4.69) is 47.3 Å². The zero-order valence-corrected chi connectivity index (χ0v) is 9.74. The maximum atomic E-state index is 3.55. The number of rotatable bonds is 1. The van der Waals surface area contributed by atoms with E-state index in [4.69, 9.17) is 0 Å². The van der Waals surface area contributed by atoms with Crippen molar-refractivity contribution in [1.82, 2.24) is 9.88 Å². The number of fused-ring (bicyclic) bond motifs is 1. The second kappa shape index (κ2) is 3.95. The van der Waals surface area contributed by atoms with Gasteiger partial charge in [0.15, 0.2) is 0 Å². The van der Waals surface area contributed by atoms with Gasteiger partial charge in [0.2, 0.25) is 0 Å². The first-order valence-electron chi connectivity index (χ1n) is 6.12. The number of aromatic amines is 1. The number of nitrogens with zero attached hydrogens (tertiary/aromatic N) is 1. The van der Waals surface area contributed by atoms with E-state index in [-0.39, 0.29) is 0 Å². The predicted molar refractivity (Wildman–Crippen MR) is 67.5 cm³/mol. The van der Waals surface area contributed by atoms with Crippen LogP contribution < -0.4 is 0 Å². The lowest BCUT2D eigenvalue weighted by Gasteiger charge is -2.31. The molecule has 1 aromatic heterocycles. The van der Waals surface area contributed by atoms with Gasteiger partial charge in [0, 0.05) is 17.3 Å². The van der Waals surface area contributed by atoms with Gasteiger partial charge in [-0.25, -0.2) is 0 Å². The molecule has 0 spiro atoms. The summed E-state index contributed by atoms with van der Waals surface area (Å²) in [6.07, 6.45) is 3.97. The molecule has 1 fully saturated rings. The molecule has 0 unspecified atom stereocenters. The van der Waals surface area contributed by atoms with E-state index in [1.807, 2.05) is 0 Å². The van der Waals surface area contributed by atoms with Crippen molar-refractivity contribution in [3.05, 3.63) is 36.0 Å². The normalized spacial score (nSPS) is 22.7. The number of aromatic nitrogens is 1. The van der Waals surface area contributed by atoms with Crippen LogP contribution in [0.4, 0.5) is 0 Å². The van der Waals surface area contributed by atoms with E-state index in [0.29, 0.717) is 6.04 Å². The first-order chi connectivity index (χ1) is 7.84. The molecule has 1 N–H and O–H groups in total. The zero-order chi connectivity index (χ0) is 11.0. The molecule has 1 saturated heterocycles. The van der Waals surface area contributed by atoms with E-state index in [9.17, 15) is 0 Å². The number of likely N-dealkylation sites (tertiary alicyclic amines) is 1. The molecular formula is C14H18N2. The van der Waals surface area contributed by atoms with Crippen molar-refractivity contribution < 1.29 is 0 Å². The lowest BCUT2D eigenvalue weighted by molar-refractivity contribution is 0.184. The minimum absolute atomic E-state index is 0.584. The third-order valence-corrected chi connectivity index (χ3v) is 3.68. The third kappa shape index (κ3) is 1.63. The van der Waals surface area contributed by atoms with Crippen molar-refractivity contribution in [1.29, 1.82) is 0 Å². The summed E-state index contributed by atoms with van der Waals surface area (Å²) >= 11 is 0. The average molecular weight is 214 g/mol. The van der Waals surface area contributed by atoms with E-state index >= 15 is 0 Å². The highest BCUT2D eigenvalue weighted by molar-refractivity contribution is 5.80. The molecule has 2 aromatic rings. The monoisotopic (exact) mass is 214 g/mol. The van der Waals surface area contributed by atoms with Crippen LogP contribution in [-0.2, 0) is 0 Å². The number of benzene rings is 1. The van der Waals surface area contributed by atoms with Crippen molar-refractivity contribution in [2.24, 2.45) is 0 Å². The summed E-state index contributed by atoms with van der Waals surface area (Å²) in [4.78, 5) is 6.02. The predicted octanol–water partition coefficient (Wildman–Crippen LogP) is 3.32. The molecule has 1 aromatic carbocycles. The second-order valence-electron chi connectivity index (χ2n) is 4.80. The topological polar surface area (TPSA) is 19.0 Å². The molecule has 1 aliphatic rings. The van der Waals surface area contributed by atoms with Gasteiger partial charge in [0.25, 0.3) is 0 Å². The van der Waals surface area contributed by atoms with Crippen LogP contribution in [0.1, 0.15) is 31.0 Å². The quantitative estimate of drug-likeness (QED) is 0.771. The van der Waals surface area contributed by atoms with Crippen LogP contribution in [0.2, 0.25) is 0 Å². The Bertz CT molecular complexity index is 453. The highest BCUT2D eigenvalue weighted by Crippen LogP contribution is 2.30. The van der Waals surface area contributed by atoms with Gasteiger partial charge in [0.1, 0.15) is 0 Å². The fraction of sp³-hybridized carbons (Fsp3) is 0.429. The molecule has 0 radical (unpaired) electrons. The van der Waals surface area contributed by atoms with E-state index < -0.39 is 0 Å². The minimum Gasteiger partial charge on any atom is -0.357 e. The van der Waals surface area contributed by atoms with Gasteiger partial charge in [-0.3, -0.25) is 4.90 Å². The van der Waals surface area contributed by atoms with Gasteiger partial charge in [-0.05, 0) is 44.0 Å². The van der Waals surface area contributed by atoms with Crippen molar-refractivity contribution in [3.63, 3.8) is 0 Å². The smallest absolute Gasteiger partial charge is 0.0495 e. The summed E-state index contributed by atoms with van der Waals surface area (Å²) in [5.41, 5.74) is 2.64. The average Bonchev–Trinajstić information content (AvgIpc) is 2.73. The van der Waals surface area contributed by atoms with Gasteiger partial charge in [-0.2, -0.15) is 0 Å². The van der Waals surface area contributed by atoms with Gasteiger partial charge < -0.3 is 4.98 Å². The highest BCUT2D eigenvalue weighted by atomic mass is 15.1. The molecule has 0 bridgehead atoms. The summed E-state index contributed by atoms with van der Waals surface area (Å²) < 4.78 is 0. The maximum absolute atomic E-state index is 3.55. The Kier molecular flexibility index (Phi) is 2.44. The molecule has 3 rings (SSSR count). The van der Waals surface area contributed by atoms with Gasteiger partial charge >= 0.3 is 0 Å². The van der Waals surface area contributed by atoms with Crippen LogP contribution in [0.25, 0.3) is 10.9 Å². The first kappa shape index (κ1) is 9.91. The Morgan fingerprint density at radius 1 is 1.25 bits per heavy atom. The Hall–Kier alpha value is -1.28. The maximum Gasteiger partial charge on any atom is 0.0495 e. The fourth-order valence-electron chi connectivity index (χ4n) is 2.74. The Balaban J connectivity index is 1.98. The molecule has 16 heavy (non-hydrogen) atoms. The summed E-state index contributed by atoms with van der Waals surface area (Å²) in [5.74, 6) is 0. The Morgan fingerprint density at radius 2 is 2.12 bits per heavy atom. The van der Waals surface area contributed by atoms with Gasteiger partial charge in [0.05, 0.1) is 0 Å². The van der Waals surface area contributed by atoms with Crippen LogP contribution in [0.3, 0.4) is 0 Å². The largest absolute Gasteiger partial charge is 0.357 e. The first-order valence-corrected chi connectivity index (χ1v) is 6.12. The van der Waals surface area contributed by atoms with Crippen molar-refractivity contribution in [2.45, 2.75) is 25.3 Å². The summed E-state index contributed by atoms with van der Waals surface area (Å²) in [6, 6.07) is 11.4. The molecule has 2 heterocycles. The van der Waals surface area contributed by atoms with Gasteiger partial charge in [-0.15, -0.1) is 0 Å². The lowest BCUT2D eigenvalue weighted by Crippen LogP contribution is -2.29. The number of hydrogen-bond donors (Lipinski definition) is 1. The lowest BCUT2D eigenvalue weighted by atomic mass is 10.0. The van der Waals surface area contributed by atoms with Crippen LogP contribution in [0.5, 0.6) is 0 Å². The molecule has 0 saturated carbocycles. The molecule has 2 nitrogen and oxygen atoms in total. The molecular weight excluding hydrogens is 196 g/mol. The minimum atomic E-state index is 0.584. The molecule has 0 aliphatic carbocycles. The number of H-pyrrole nitrogens is 1. The van der Waals surface area contributed by atoms with Crippen LogP contribution in [0, 0.1) is 0 Å². The Labute approximate surface area is 96.3 Å². The van der Waals surface area contributed by atoms with Crippen molar-refractivity contribution >= 4 is 10.9 Å². The number of hydrogen-bond acceptors (Lipinski definition) is 1. The van der Waals surface area contributed by atoms with E-state index in [0.717, 1.165) is 0 Å². The standard InChI is InChI=1S/C14H18N2/c1-16-9-5-4-8-14(16)13-10-11-6-2-3-7-12(11)15-13/h2-3,6-7,10,14-15H,4-5,8-9H2,1H3/t14-/m1/s1. The van der Waals surface area contributed by atoms with Gasteiger partial charge in [-0.1, -0.05) is 24.6 Å². The van der Waals surface area contributed by atoms with Crippen molar-refractivity contribution in [2.75, 3.05) is 13.6 Å². The van der Waals surface area contributed by atoms with Crippen LogP contribution in [-0.4, -0.2) is 23.5 Å². The molecule has 1 aliphatic heterocycles. The molecule has 84 valence electrons. The number of para-hydroxylation sites is 1. The van der Waals surface area contributed by atoms with Crippen LogP contribution >= 0.6 is 0 Å². The SMILES string of the molecule is CN1CCCC[C@@H]1c1cc2ccccc2[nH]1. The fourth-order valence-corrected chi connectivity index (χ4v) is 2.74. The highest BCUT2D eigenvalue weighted by Gasteiger charge is 2.21. The molecule has 0 amide bonds. The summed E-state index contributed by atoms with van der Waals surface area (Å²) in [5, 5.41) is 1.33. The van der Waals surface area contributed by atoms with E-state index in [1.54, 1.807) is 0 Å². The van der Waals surface area contributed by atoms with E-state index in [1.165, 1.54) is 42.4 Å². The molecule has 1 atom stereocenters. The number of piperidine rings is 1. The third-order valence-electron chi connectivity index (χ3n) is 3.68. The zero-order valence-electron chi connectivity index (χ0n) is 9.74. The van der Waals surface area contributed by atoms with Crippen molar-refractivity contribution in [3.8, 4) is 0 Å². The summed E-state index contributed by atoms with van der Waals surface area (Å²) in [7, 11) is 2.23. The summed E-state index contributed by atoms with van der Waals surface area (Å²) in [6.45, 7) is 1.22. The molecule has 2 heteroatoms. The Morgan fingerprint density at radius 3 is 2.94 bits per heavy atom. The second-order valence-corrected chi connectivity index (χ2v) is 4.80.